The molecular formula is C19H27ClN2O. The van der Waals surface area contributed by atoms with E-state index in [-0.39, 0.29) is 0 Å². The van der Waals surface area contributed by atoms with Crippen molar-refractivity contribution in [3.63, 3.8) is 0 Å². The summed E-state index contributed by atoms with van der Waals surface area (Å²) in [6, 6.07) is 6.84. The van der Waals surface area contributed by atoms with Gasteiger partial charge >= 0.3 is 0 Å². The van der Waals surface area contributed by atoms with Gasteiger partial charge in [0, 0.05) is 36.3 Å². The molecule has 4 heteroatoms. The Kier molecular flexibility index (Phi) is 4.79. The van der Waals surface area contributed by atoms with Gasteiger partial charge in [-0.3, -0.25) is 4.90 Å². The molecule has 2 saturated heterocycles. The third-order valence-electron chi connectivity index (χ3n) is 5.80. The zero-order chi connectivity index (χ0) is 15.6. The first-order valence-electron chi connectivity index (χ1n) is 9.17. The first-order chi connectivity index (χ1) is 11.3. The van der Waals surface area contributed by atoms with Gasteiger partial charge in [-0.05, 0) is 62.9 Å². The maximum absolute atomic E-state index is 6.18. The van der Waals surface area contributed by atoms with Gasteiger partial charge in [-0.25, -0.2) is 0 Å². The van der Waals surface area contributed by atoms with Crippen molar-refractivity contribution in [2.24, 2.45) is 5.92 Å². The number of halogens is 1. The summed E-state index contributed by atoms with van der Waals surface area (Å²) in [5, 5.41) is 0.810. The van der Waals surface area contributed by atoms with Gasteiger partial charge in [-0.15, -0.1) is 0 Å². The minimum atomic E-state index is 0.787. The number of piperidine rings is 2. The molecule has 0 N–H and O–H groups in total. The molecule has 1 aromatic rings. The number of ether oxygens (including phenoxy) is 1. The summed E-state index contributed by atoms with van der Waals surface area (Å²) in [7, 11) is 0. The predicted molar refractivity (Wildman–Crippen MR) is 94.2 cm³/mol. The molecule has 0 aliphatic carbocycles. The first-order valence-corrected chi connectivity index (χ1v) is 9.55. The average Bonchev–Trinajstić information content (AvgIpc) is 2.76. The summed E-state index contributed by atoms with van der Waals surface area (Å²) >= 11 is 6.18. The molecule has 2 atom stereocenters. The number of benzene rings is 1. The number of nitrogens with zero attached hydrogens (tertiary/aromatic N) is 2. The molecule has 3 heterocycles. The molecule has 0 saturated carbocycles. The highest BCUT2D eigenvalue weighted by molar-refractivity contribution is 6.30. The number of hydrogen-bond acceptors (Lipinski definition) is 3. The molecule has 0 unspecified atom stereocenters. The zero-order valence-electron chi connectivity index (χ0n) is 13.8. The smallest absolute Gasteiger partial charge is 0.123 e. The summed E-state index contributed by atoms with van der Waals surface area (Å²) in [5.41, 5.74) is 1.24. The van der Waals surface area contributed by atoms with E-state index in [1.54, 1.807) is 0 Å². The van der Waals surface area contributed by atoms with Crippen LogP contribution in [0, 0.1) is 5.92 Å². The van der Waals surface area contributed by atoms with E-state index in [0.717, 1.165) is 42.4 Å². The molecule has 1 aromatic carbocycles. The summed E-state index contributed by atoms with van der Waals surface area (Å²) in [6.45, 7) is 6.63. The summed E-state index contributed by atoms with van der Waals surface area (Å²) in [5.74, 6) is 1.84. The topological polar surface area (TPSA) is 15.7 Å². The molecule has 4 rings (SSSR count). The molecule has 0 amide bonds. The third kappa shape index (κ3) is 3.52. The number of hydrogen-bond donors (Lipinski definition) is 0. The Morgan fingerprint density at radius 1 is 1.09 bits per heavy atom. The van der Waals surface area contributed by atoms with Crippen LogP contribution in [-0.4, -0.2) is 48.6 Å². The monoisotopic (exact) mass is 334 g/mol. The van der Waals surface area contributed by atoms with Crippen LogP contribution in [0.25, 0.3) is 0 Å². The van der Waals surface area contributed by atoms with Gasteiger partial charge in [0.05, 0.1) is 0 Å². The van der Waals surface area contributed by atoms with Crippen molar-refractivity contribution in [1.82, 2.24) is 9.80 Å². The van der Waals surface area contributed by atoms with Crippen molar-refractivity contribution in [3.05, 3.63) is 28.8 Å². The normalized spacial score (nSPS) is 29.3. The van der Waals surface area contributed by atoms with Crippen LogP contribution in [0.3, 0.4) is 0 Å². The van der Waals surface area contributed by atoms with Crippen LogP contribution >= 0.6 is 11.6 Å². The Bertz CT molecular complexity index is 548. The standard InChI is InChI=1S/C19H27ClN2O/c20-17-6-7-19-16(12-17)14-21(10-11-23-19)13-15-4-3-9-22-8-2-1-5-18(15)22/h6-7,12,15,18H,1-5,8-11,13-14H2/t15-,18+/m0/s1. The van der Waals surface area contributed by atoms with E-state index in [4.69, 9.17) is 16.3 Å². The van der Waals surface area contributed by atoms with Gasteiger partial charge in [0.1, 0.15) is 12.4 Å². The van der Waals surface area contributed by atoms with E-state index < -0.39 is 0 Å². The van der Waals surface area contributed by atoms with Gasteiger partial charge in [-0.2, -0.15) is 0 Å². The van der Waals surface area contributed by atoms with E-state index in [9.17, 15) is 0 Å². The number of rotatable bonds is 2. The van der Waals surface area contributed by atoms with Crippen LogP contribution in [0.15, 0.2) is 18.2 Å². The lowest BCUT2D eigenvalue weighted by Crippen LogP contribution is -2.51. The maximum atomic E-state index is 6.18. The van der Waals surface area contributed by atoms with Crippen molar-refractivity contribution in [2.75, 3.05) is 32.8 Å². The zero-order valence-corrected chi connectivity index (χ0v) is 14.6. The summed E-state index contributed by atoms with van der Waals surface area (Å²) in [4.78, 5) is 5.35. The fourth-order valence-electron chi connectivity index (χ4n) is 4.69. The second kappa shape index (κ2) is 7.00. The van der Waals surface area contributed by atoms with Crippen LogP contribution in [0.4, 0.5) is 0 Å². The van der Waals surface area contributed by atoms with Crippen molar-refractivity contribution in [2.45, 2.75) is 44.7 Å². The molecule has 3 nitrogen and oxygen atoms in total. The second-order valence-electron chi connectivity index (χ2n) is 7.34. The molecule has 0 radical (unpaired) electrons. The Labute approximate surface area is 144 Å². The van der Waals surface area contributed by atoms with Crippen LogP contribution < -0.4 is 4.74 Å². The van der Waals surface area contributed by atoms with E-state index in [1.165, 1.54) is 57.3 Å². The van der Waals surface area contributed by atoms with Gasteiger partial charge < -0.3 is 9.64 Å². The van der Waals surface area contributed by atoms with Gasteiger partial charge in [0.25, 0.3) is 0 Å². The summed E-state index contributed by atoms with van der Waals surface area (Å²) in [6.07, 6.45) is 6.97. The Balaban J connectivity index is 1.45. The van der Waals surface area contributed by atoms with E-state index in [2.05, 4.69) is 15.9 Å². The molecule has 0 spiro atoms. The molecule has 2 fully saturated rings. The average molecular weight is 335 g/mol. The maximum Gasteiger partial charge on any atom is 0.123 e. The van der Waals surface area contributed by atoms with Gasteiger partial charge in [-0.1, -0.05) is 18.0 Å². The minimum absolute atomic E-state index is 0.787. The molecule has 0 bridgehead atoms. The number of fused-ring (bicyclic) bond motifs is 2. The van der Waals surface area contributed by atoms with Crippen molar-refractivity contribution >= 4 is 11.6 Å². The van der Waals surface area contributed by atoms with Crippen LogP contribution in [0.5, 0.6) is 5.75 Å². The molecule has 126 valence electrons. The third-order valence-corrected chi connectivity index (χ3v) is 6.04. The molecule has 3 aliphatic rings. The quantitative estimate of drug-likeness (QED) is 0.818. The van der Waals surface area contributed by atoms with Crippen molar-refractivity contribution in [1.29, 1.82) is 0 Å². The highest BCUT2D eigenvalue weighted by atomic mass is 35.5. The Morgan fingerprint density at radius 3 is 2.96 bits per heavy atom. The lowest BCUT2D eigenvalue weighted by Gasteiger charge is -2.45. The lowest BCUT2D eigenvalue weighted by atomic mass is 9.83. The van der Waals surface area contributed by atoms with E-state index >= 15 is 0 Å². The fourth-order valence-corrected chi connectivity index (χ4v) is 4.89. The molecule has 23 heavy (non-hydrogen) atoms. The SMILES string of the molecule is Clc1ccc2c(c1)CN(C[C@@H]1CCCN3CCCC[C@H]13)CCO2. The first kappa shape index (κ1) is 15.7. The fraction of sp³-hybridized carbons (Fsp3) is 0.684. The highest BCUT2D eigenvalue weighted by Crippen LogP contribution is 2.33. The Hall–Kier alpha value is -0.770. The van der Waals surface area contributed by atoms with Crippen molar-refractivity contribution < 1.29 is 4.74 Å². The molecule has 3 aliphatic heterocycles. The lowest BCUT2D eigenvalue weighted by molar-refractivity contribution is 0.0381. The van der Waals surface area contributed by atoms with Crippen molar-refractivity contribution in [3.8, 4) is 5.75 Å². The van der Waals surface area contributed by atoms with E-state index in [1.807, 2.05) is 12.1 Å². The Morgan fingerprint density at radius 2 is 2.00 bits per heavy atom. The van der Waals surface area contributed by atoms with E-state index in [0.29, 0.717) is 0 Å². The van der Waals surface area contributed by atoms with Crippen LogP contribution in [0.1, 0.15) is 37.7 Å². The second-order valence-corrected chi connectivity index (χ2v) is 7.77. The minimum Gasteiger partial charge on any atom is -0.492 e. The molecule has 0 aromatic heterocycles. The highest BCUT2D eigenvalue weighted by Gasteiger charge is 2.34. The van der Waals surface area contributed by atoms with Crippen LogP contribution in [-0.2, 0) is 6.54 Å². The molecular weight excluding hydrogens is 308 g/mol. The largest absolute Gasteiger partial charge is 0.492 e. The van der Waals surface area contributed by atoms with Crippen LogP contribution in [0.2, 0.25) is 5.02 Å². The summed E-state index contributed by atoms with van der Waals surface area (Å²) < 4.78 is 5.92. The van der Waals surface area contributed by atoms with Gasteiger partial charge in [0.15, 0.2) is 0 Å². The van der Waals surface area contributed by atoms with Gasteiger partial charge in [0.2, 0.25) is 0 Å². The predicted octanol–water partition coefficient (Wildman–Crippen LogP) is 3.80.